The van der Waals surface area contributed by atoms with Gasteiger partial charge in [0.05, 0.1) is 34.4 Å². The zero-order chi connectivity index (χ0) is 44.8. The third-order valence-corrected chi connectivity index (χ3v) is 9.69. The molecule has 0 aliphatic heterocycles. The number of phosphoric acid groups is 1. The zero-order valence-electron chi connectivity index (χ0n) is 38.8. The predicted molar refractivity (Wildman–Crippen MR) is 260 cm³/mol. The van der Waals surface area contributed by atoms with Crippen LogP contribution < -0.4 is 0 Å². The van der Waals surface area contributed by atoms with Crippen LogP contribution in [0.15, 0.2) is 134 Å². The molecule has 0 spiro atoms. The minimum atomic E-state index is -4.31. The Kier molecular flexibility index (Phi) is 40.9. The predicted octanol–water partition coefficient (Wildman–Crippen LogP) is 13.9. The molecular formula is C52H85NO7P+. The average Bonchev–Trinajstić information content (AvgIpc) is 3.22. The molecule has 0 aromatic heterocycles. The summed E-state index contributed by atoms with van der Waals surface area (Å²) >= 11 is 0. The molecule has 61 heavy (non-hydrogen) atoms. The first-order chi connectivity index (χ1) is 29.6. The Morgan fingerprint density at radius 2 is 0.902 bits per heavy atom. The normalized spacial score (nSPS) is 14.9. The van der Waals surface area contributed by atoms with Gasteiger partial charge in [0, 0.05) is 13.0 Å². The maximum Gasteiger partial charge on any atom is 0.472 e. The quantitative estimate of drug-likeness (QED) is 0.0216. The number of hydrogen-bond acceptors (Lipinski definition) is 6. The topological polar surface area (TPSA) is 91.3 Å². The third kappa shape index (κ3) is 47.5. The van der Waals surface area contributed by atoms with Crippen LogP contribution in [0.25, 0.3) is 0 Å². The van der Waals surface area contributed by atoms with Crippen LogP contribution in [-0.4, -0.2) is 75.6 Å². The second-order valence-electron chi connectivity index (χ2n) is 15.7. The number of carbonyl (C=O) groups excluding carboxylic acids is 1. The van der Waals surface area contributed by atoms with E-state index < -0.39 is 13.9 Å². The van der Waals surface area contributed by atoms with Gasteiger partial charge >= 0.3 is 13.8 Å². The number of phosphoric ester groups is 1. The maximum atomic E-state index is 12.7. The van der Waals surface area contributed by atoms with Crippen molar-refractivity contribution in [1.82, 2.24) is 0 Å². The molecular weight excluding hydrogens is 782 g/mol. The van der Waals surface area contributed by atoms with Crippen molar-refractivity contribution in [1.29, 1.82) is 0 Å². The molecule has 0 rings (SSSR count). The minimum absolute atomic E-state index is 0.0620. The lowest BCUT2D eigenvalue weighted by molar-refractivity contribution is -0.870. The number of nitrogens with zero attached hydrogens (tertiary/aromatic N) is 1. The summed E-state index contributed by atoms with van der Waals surface area (Å²) in [6.07, 6.45) is 63.6. The third-order valence-electron chi connectivity index (χ3n) is 8.71. The summed E-state index contributed by atoms with van der Waals surface area (Å²) in [5, 5.41) is 0. The van der Waals surface area contributed by atoms with Gasteiger partial charge in [0.2, 0.25) is 0 Å². The standard InChI is InChI=1S/C52H84NO7P/c1-6-8-10-12-14-16-18-20-22-24-26-28-30-32-34-36-38-40-42-44-47-57-49-51(50-59-61(55,56)58-48-46-53(3,4)5)60-52(54)45-43-41-39-37-35-33-31-29-27-25-23-21-19-17-15-13-11-9-7-2/h8-11,14-17,20-23,26-29,32-35,38,40,51H,6-7,12-13,18-19,24-25,30-31,36-37,39,41-50H2,1-5H3/p+1/b10-8-,11-9-,16-14-,17-15-,22-20-,23-21-,28-26-,29-27-,34-32-,35-33-,40-38-. The maximum absolute atomic E-state index is 12.7. The number of esters is 1. The van der Waals surface area contributed by atoms with E-state index in [1.54, 1.807) is 0 Å². The summed E-state index contributed by atoms with van der Waals surface area (Å²) in [7, 11) is 1.58. The van der Waals surface area contributed by atoms with E-state index in [4.69, 9.17) is 18.5 Å². The lowest BCUT2D eigenvalue weighted by Crippen LogP contribution is -2.37. The van der Waals surface area contributed by atoms with Crippen LogP contribution >= 0.6 is 7.82 Å². The number of carbonyl (C=O) groups is 1. The van der Waals surface area contributed by atoms with E-state index in [-0.39, 0.29) is 32.2 Å². The molecule has 0 aromatic rings. The van der Waals surface area contributed by atoms with Crippen molar-refractivity contribution in [3.63, 3.8) is 0 Å². The molecule has 0 radical (unpaired) electrons. The number of ether oxygens (including phenoxy) is 2. The summed E-state index contributed by atoms with van der Waals surface area (Å²) in [5.74, 6) is -0.372. The van der Waals surface area contributed by atoms with Gasteiger partial charge in [-0.3, -0.25) is 13.8 Å². The van der Waals surface area contributed by atoms with E-state index in [0.717, 1.165) is 103 Å². The number of rotatable bonds is 40. The molecule has 0 saturated heterocycles. The van der Waals surface area contributed by atoms with E-state index in [2.05, 4.69) is 148 Å². The Balaban J connectivity index is 4.44. The van der Waals surface area contributed by atoms with E-state index in [1.807, 2.05) is 21.1 Å². The average molecular weight is 867 g/mol. The SMILES string of the molecule is CC/C=C\C/C=C\C/C=C\C/C=C\C/C=C\C/C=C\CCCOCC(COP(=O)(O)OCC[N+](C)(C)C)OC(=O)CCCCC/C=C\C/C=C\C/C=C\C/C=C\C/C=C\CC. The van der Waals surface area contributed by atoms with Gasteiger partial charge in [0.1, 0.15) is 19.3 Å². The molecule has 344 valence electrons. The Bertz CT molecular complexity index is 1420. The van der Waals surface area contributed by atoms with Crippen LogP contribution in [0, 0.1) is 0 Å². The Morgan fingerprint density at radius 1 is 0.508 bits per heavy atom. The molecule has 0 fully saturated rings. The second-order valence-corrected chi connectivity index (χ2v) is 17.1. The van der Waals surface area contributed by atoms with Crippen LogP contribution in [0.5, 0.6) is 0 Å². The van der Waals surface area contributed by atoms with Crippen molar-refractivity contribution in [3.8, 4) is 0 Å². The minimum Gasteiger partial charge on any atom is -0.457 e. The first-order valence-electron chi connectivity index (χ1n) is 22.9. The lowest BCUT2D eigenvalue weighted by Gasteiger charge is -2.24. The summed E-state index contributed by atoms with van der Waals surface area (Å²) in [5.41, 5.74) is 0. The van der Waals surface area contributed by atoms with Crippen molar-refractivity contribution < 1.29 is 37.3 Å². The molecule has 8 nitrogen and oxygen atoms in total. The van der Waals surface area contributed by atoms with Gasteiger partial charge < -0.3 is 18.9 Å². The summed E-state index contributed by atoms with van der Waals surface area (Å²) in [4.78, 5) is 22.9. The van der Waals surface area contributed by atoms with E-state index >= 15 is 0 Å². The van der Waals surface area contributed by atoms with Crippen LogP contribution in [0.3, 0.4) is 0 Å². The van der Waals surface area contributed by atoms with Gasteiger partial charge in [-0.05, 0) is 103 Å². The molecule has 1 N–H and O–H groups in total. The number of allylic oxidation sites excluding steroid dienone is 22. The first-order valence-corrected chi connectivity index (χ1v) is 24.4. The number of quaternary nitrogens is 1. The fourth-order valence-electron chi connectivity index (χ4n) is 5.24. The Labute approximate surface area is 373 Å². The molecule has 0 aliphatic carbocycles. The fourth-order valence-corrected chi connectivity index (χ4v) is 5.98. The summed E-state index contributed by atoms with van der Waals surface area (Å²) in [6.45, 7) is 5.14. The monoisotopic (exact) mass is 867 g/mol. The van der Waals surface area contributed by atoms with Gasteiger partial charge in [0.15, 0.2) is 0 Å². The molecule has 0 saturated carbocycles. The Morgan fingerprint density at radius 3 is 1.31 bits per heavy atom. The van der Waals surface area contributed by atoms with Crippen molar-refractivity contribution in [2.75, 3.05) is 54.1 Å². The van der Waals surface area contributed by atoms with Gasteiger partial charge in [-0.2, -0.15) is 0 Å². The van der Waals surface area contributed by atoms with E-state index in [0.29, 0.717) is 24.1 Å². The van der Waals surface area contributed by atoms with Gasteiger partial charge in [-0.15, -0.1) is 0 Å². The summed E-state index contributed by atoms with van der Waals surface area (Å²) in [6, 6.07) is 0. The lowest BCUT2D eigenvalue weighted by atomic mass is 10.1. The van der Waals surface area contributed by atoms with Crippen molar-refractivity contribution >= 4 is 13.8 Å². The molecule has 9 heteroatoms. The van der Waals surface area contributed by atoms with Crippen LogP contribution in [0.1, 0.15) is 129 Å². The Hall–Kier alpha value is -3.36. The van der Waals surface area contributed by atoms with E-state index in [9.17, 15) is 14.3 Å². The van der Waals surface area contributed by atoms with Crippen molar-refractivity contribution in [2.45, 2.75) is 136 Å². The highest BCUT2D eigenvalue weighted by atomic mass is 31.2. The van der Waals surface area contributed by atoms with Gasteiger partial charge in [-0.25, -0.2) is 4.57 Å². The highest BCUT2D eigenvalue weighted by Crippen LogP contribution is 2.43. The fraction of sp³-hybridized carbons (Fsp3) is 0.558. The van der Waals surface area contributed by atoms with Crippen LogP contribution in [0.2, 0.25) is 0 Å². The molecule has 2 atom stereocenters. The molecule has 0 amide bonds. The molecule has 0 aliphatic rings. The van der Waals surface area contributed by atoms with Crippen molar-refractivity contribution in [3.05, 3.63) is 134 Å². The number of unbranched alkanes of at least 4 members (excludes halogenated alkanes) is 4. The van der Waals surface area contributed by atoms with E-state index in [1.165, 1.54) is 0 Å². The highest BCUT2D eigenvalue weighted by Gasteiger charge is 2.26. The highest BCUT2D eigenvalue weighted by molar-refractivity contribution is 7.47. The molecule has 2 unspecified atom stereocenters. The molecule has 0 bridgehead atoms. The summed E-state index contributed by atoms with van der Waals surface area (Å²) < 4.78 is 34.9. The molecule has 0 aromatic carbocycles. The smallest absolute Gasteiger partial charge is 0.457 e. The number of likely N-dealkylation sites (N-methyl/N-ethyl adjacent to an activating group) is 1. The second kappa shape index (κ2) is 43.3. The first kappa shape index (κ1) is 57.6. The number of hydrogen-bond donors (Lipinski definition) is 1. The zero-order valence-corrected chi connectivity index (χ0v) is 39.7. The van der Waals surface area contributed by atoms with Crippen LogP contribution in [0.4, 0.5) is 0 Å². The van der Waals surface area contributed by atoms with Crippen LogP contribution in [-0.2, 0) is 27.9 Å². The van der Waals surface area contributed by atoms with Crippen molar-refractivity contribution in [2.24, 2.45) is 0 Å². The molecule has 0 heterocycles. The van der Waals surface area contributed by atoms with Gasteiger partial charge in [-0.1, -0.05) is 154 Å². The largest absolute Gasteiger partial charge is 0.472 e. The van der Waals surface area contributed by atoms with Gasteiger partial charge in [0.25, 0.3) is 0 Å².